The highest BCUT2D eigenvalue weighted by Gasteiger charge is 2.83. The molecule has 3 spiro atoms. The van der Waals surface area contributed by atoms with Crippen LogP contribution in [0.5, 0.6) is 0 Å². The number of aryl methyl sites for hydroxylation is 1. The van der Waals surface area contributed by atoms with E-state index in [-0.39, 0.29) is 70.8 Å². The molecule has 12 aliphatic rings. The molecule has 7 saturated carbocycles. The molecule has 0 amide bonds. The van der Waals surface area contributed by atoms with Gasteiger partial charge >= 0.3 is 11.9 Å². The number of hydrogen-bond donors (Lipinski definition) is 3. The zero-order valence-electron chi connectivity index (χ0n) is 56.4. The molecule has 492 valence electrons. The molecular weight excluding hydrogens is 1160 g/mol. The minimum absolute atomic E-state index is 0.0550. The third kappa shape index (κ3) is 9.04. The maximum atomic E-state index is 16.2. The molecule has 2 aliphatic heterocycles. The van der Waals surface area contributed by atoms with Gasteiger partial charge in [0.05, 0.1) is 29.0 Å². The first-order valence-electron chi connectivity index (χ1n) is 37.7. The monoisotopic (exact) mass is 1260 g/mol. The number of hydrogen-bond acceptors (Lipinski definition) is 7. The summed E-state index contributed by atoms with van der Waals surface area (Å²) in [6.07, 6.45) is 28.4. The second-order valence-electron chi connectivity index (χ2n) is 34.2. The Bertz CT molecular complexity index is 3870. The Hall–Kier alpha value is -5.78. The number of carbonyl (C=O) groups excluding carboxylic acids is 2. The van der Waals surface area contributed by atoms with Crippen molar-refractivity contribution in [3.63, 3.8) is 0 Å². The van der Waals surface area contributed by atoms with Gasteiger partial charge in [0.1, 0.15) is 18.3 Å². The van der Waals surface area contributed by atoms with Crippen LogP contribution in [-0.4, -0.2) is 57.3 Å². The van der Waals surface area contributed by atoms with Gasteiger partial charge in [-0.05, 0) is 242 Å². The molecule has 3 N–H and O–H groups in total. The van der Waals surface area contributed by atoms with Gasteiger partial charge in [0.25, 0.3) is 0 Å². The van der Waals surface area contributed by atoms with Crippen molar-refractivity contribution >= 4 is 22.7 Å². The minimum atomic E-state index is -1.86. The van der Waals surface area contributed by atoms with Gasteiger partial charge in [-0.25, -0.2) is 4.79 Å². The van der Waals surface area contributed by atoms with Crippen LogP contribution in [0.2, 0.25) is 0 Å². The van der Waals surface area contributed by atoms with Gasteiger partial charge in [0, 0.05) is 28.7 Å². The van der Waals surface area contributed by atoms with Crippen molar-refractivity contribution in [2.45, 2.75) is 234 Å². The molecule has 3 bridgehead atoms. The average molecular weight is 1260 g/mol. The number of benzene rings is 5. The first kappa shape index (κ1) is 61.8. The molecule has 7 fully saturated rings. The molecule has 0 unspecified atom stereocenters. The van der Waals surface area contributed by atoms with Gasteiger partial charge in [0.15, 0.2) is 0 Å². The molecule has 0 aromatic heterocycles. The van der Waals surface area contributed by atoms with Crippen LogP contribution in [0.3, 0.4) is 0 Å². The average Bonchev–Trinajstić information content (AvgIpc) is 1.37. The minimum Gasteiger partial charge on any atom is -0.462 e. The highest BCUT2D eigenvalue weighted by atomic mass is 16.5. The number of esters is 2. The van der Waals surface area contributed by atoms with Gasteiger partial charge in [-0.3, -0.25) is 4.79 Å². The largest absolute Gasteiger partial charge is 0.462 e. The number of ether oxygens (including phenoxy) is 2. The van der Waals surface area contributed by atoms with E-state index in [1.807, 2.05) is 6.08 Å². The van der Waals surface area contributed by atoms with Gasteiger partial charge in [0.2, 0.25) is 0 Å². The molecule has 0 radical (unpaired) electrons. The number of cyclic esters (lactones) is 1. The van der Waals surface area contributed by atoms with Crippen molar-refractivity contribution in [2.75, 3.05) is 6.61 Å². The summed E-state index contributed by atoms with van der Waals surface area (Å²) in [5.74, 6) is 7.42. The lowest BCUT2D eigenvalue weighted by molar-refractivity contribution is -0.367. The Morgan fingerprint density at radius 2 is 1.47 bits per heavy atom. The first-order valence-corrected chi connectivity index (χ1v) is 37.7. The topological polar surface area (TPSA) is 113 Å². The number of aliphatic hydroxyl groups is 3. The fourth-order valence-corrected chi connectivity index (χ4v) is 26.2. The zero-order valence-corrected chi connectivity index (χ0v) is 56.4. The molecule has 94 heavy (non-hydrogen) atoms. The zero-order chi connectivity index (χ0) is 64.0. The summed E-state index contributed by atoms with van der Waals surface area (Å²) in [5.41, 5.74) is 3.38. The van der Waals surface area contributed by atoms with Gasteiger partial charge < -0.3 is 24.8 Å². The Labute approximate surface area is 559 Å². The smallest absolute Gasteiger partial charge is 0.331 e. The van der Waals surface area contributed by atoms with Crippen LogP contribution < -0.4 is 0 Å². The molecule has 17 rings (SSSR count). The van der Waals surface area contributed by atoms with E-state index in [2.05, 4.69) is 160 Å². The molecule has 0 saturated heterocycles. The van der Waals surface area contributed by atoms with Crippen LogP contribution in [0.1, 0.15) is 226 Å². The quantitative estimate of drug-likeness (QED) is 0.0611. The van der Waals surface area contributed by atoms with Gasteiger partial charge in [-0.2, -0.15) is 0 Å². The number of carbonyl (C=O) groups is 2. The summed E-state index contributed by atoms with van der Waals surface area (Å²) in [6.45, 7) is 7.09. The van der Waals surface area contributed by atoms with Gasteiger partial charge in [-0.1, -0.05) is 198 Å². The molecule has 2 heterocycles. The Morgan fingerprint density at radius 3 is 2.24 bits per heavy atom. The number of aliphatic hydroxyl groups excluding tert-OH is 1. The SMILES string of the molecule is C[C@H](CCCc1ccccc1)C[C@@H]1C#C[C@H]2CC[C@@H](Cc3ccccc3)C[C@H]2C(=O)O[C@@H]2C[C@]3(C)C=C[C@@]1(O)[C@@]1([C@H](O)CC[C@@](C)([C@@H]4CC[C@]56CC7(CCCC7)[C@H]7C[C@]8(c9ccccc9)CCCC[C@@H]8c8ccc9cccc(c9c8[C@H]75)[C@@H]6C4)[C@H]21)[C@@]3(O)CCC1=CC(=O)OC1. The summed E-state index contributed by atoms with van der Waals surface area (Å²) >= 11 is 0. The summed E-state index contributed by atoms with van der Waals surface area (Å²) in [6, 6.07) is 45.8. The Balaban J connectivity index is 0.829. The summed E-state index contributed by atoms with van der Waals surface area (Å²) in [5, 5.41) is 47.7. The van der Waals surface area contributed by atoms with Crippen molar-refractivity contribution in [3.05, 3.63) is 179 Å². The van der Waals surface area contributed by atoms with Crippen molar-refractivity contribution in [1.29, 1.82) is 0 Å². The number of fused-ring (bicyclic) bond motifs is 6. The molecular formula is C87H102O7. The van der Waals surface area contributed by atoms with Crippen molar-refractivity contribution in [2.24, 2.45) is 74.4 Å². The third-order valence-corrected chi connectivity index (χ3v) is 30.1. The maximum absolute atomic E-state index is 16.2. The van der Waals surface area contributed by atoms with E-state index >= 15 is 15.0 Å². The molecule has 7 heteroatoms. The second kappa shape index (κ2) is 22.9. The van der Waals surface area contributed by atoms with E-state index in [9.17, 15) is 9.90 Å². The highest BCUT2D eigenvalue weighted by molar-refractivity contribution is 5.93. The third-order valence-electron chi connectivity index (χ3n) is 30.1. The fraction of sp³-hybridized carbons (Fsp3) is 0.586. The molecule has 5 aromatic rings. The number of rotatable bonds is 13. The molecule has 7 nitrogen and oxygen atoms in total. The van der Waals surface area contributed by atoms with E-state index in [0.29, 0.717) is 56.3 Å². The summed E-state index contributed by atoms with van der Waals surface area (Å²) < 4.78 is 13.2. The molecule has 10 aliphatic carbocycles. The Kier molecular flexibility index (Phi) is 15.1. The summed E-state index contributed by atoms with van der Waals surface area (Å²) in [7, 11) is 0. The van der Waals surface area contributed by atoms with Crippen LogP contribution in [-0.2, 0) is 37.3 Å². The van der Waals surface area contributed by atoms with Crippen molar-refractivity contribution in [1.82, 2.24) is 0 Å². The van der Waals surface area contributed by atoms with Crippen LogP contribution in [0, 0.1) is 86.3 Å². The van der Waals surface area contributed by atoms with E-state index in [4.69, 9.17) is 9.47 Å². The lowest BCUT2D eigenvalue weighted by atomic mass is 9.30. The maximum Gasteiger partial charge on any atom is 0.331 e. The Morgan fingerprint density at radius 1 is 0.702 bits per heavy atom. The van der Waals surface area contributed by atoms with E-state index in [1.54, 1.807) is 33.7 Å². The predicted octanol–water partition coefficient (Wildman–Crippen LogP) is 17.7. The van der Waals surface area contributed by atoms with Crippen molar-refractivity contribution in [3.8, 4) is 11.8 Å². The highest BCUT2D eigenvalue weighted by Crippen LogP contribution is 2.82. The predicted molar refractivity (Wildman–Crippen MR) is 370 cm³/mol. The standard InChI is InChI=1S/C87H102O7/c1-56(19-17-24-57-20-7-4-8-21-57)47-65-34-32-61-31-30-59(48-58-22-9-5-10-23-58)49-68(61)79(90)94-72-53-80(2)45-46-85(65,91)87(86(80,92)44-36-60-50-74(89)93-54-60)73(88)38-42-81(3,78(72)87)64-37-43-84-55-82(39-15-16-40-82)71-52-83(63-26-11-6-12-27-63)41-14-13-29-69(83)67-35-33-62-25-18-28-66(70(84)51-64)75(62)76(67)77(71)84/h4-12,18,20-23,25-28,33,35,45-46,50,56,59,61,64-65,68-73,77-78,88,91-92H,13-17,19,24,29-31,36-44,47-49,51-55H2,1-3H3/t56-,59+,61-,64-,65+,68-,69-,70+,71+,72-,73-,77+,78+,80+,81+,83+,84-,85+,86-,87+/m1/s1. The summed E-state index contributed by atoms with van der Waals surface area (Å²) in [4.78, 5) is 29.1. The van der Waals surface area contributed by atoms with Crippen LogP contribution in [0.4, 0.5) is 0 Å². The first-order chi connectivity index (χ1) is 45.6. The molecule has 5 aromatic carbocycles. The lowest BCUT2D eigenvalue weighted by Crippen LogP contribution is -2.84. The van der Waals surface area contributed by atoms with E-state index in [0.717, 1.165) is 63.4 Å². The lowest BCUT2D eigenvalue weighted by Gasteiger charge is -2.76. The van der Waals surface area contributed by atoms with Crippen LogP contribution >= 0.6 is 0 Å². The van der Waals surface area contributed by atoms with Crippen LogP contribution in [0.25, 0.3) is 10.8 Å². The normalized spacial score (nSPS) is 41.3. The second-order valence-corrected chi connectivity index (χ2v) is 34.2. The van der Waals surface area contributed by atoms with Crippen molar-refractivity contribution < 1.29 is 34.4 Å². The fourth-order valence-electron chi connectivity index (χ4n) is 26.2. The van der Waals surface area contributed by atoms with E-state index < -0.39 is 57.4 Å². The van der Waals surface area contributed by atoms with E-state index in [1.165, 1.54) is 80.7 Å². The van der Waals surface area contributed by atoms with Crippen LogP contribution in [0.15, 0.2) is 145 Å². The molecule has 20 atom stereocenters. The van der Waals surface area contributed by atoms with Gasteiger partial charge in [-0.15, -0.1) is 0 Å².